The molecule has 0 aromatic heterocycles. The van der Waals surface area contributed by atoms with Crippen molar-refractivity contribution < 1.29 is 47.5 Å². The summed E-state index contributed by atoms with van der Waals surface area (Å²) in [7, 11) is 7.21. The molecule has 0 aromatic rings. The first-order chi connectivity index (χ1) is 24.4. The van der Waals surface area contributed by atoms with Gasteiger partial charge in [0, 0.05) is 32.1 Å². The lowest BCUT2D eigenvalue weighted by atomic mass is 9.70. The lowest BCUT2D eigenvalue weighted by molar-refractivity contribution is -0.271. The largest absolute Gasteiger partial charge is 0.462 e. The van der Waals surface area contributed by atoms with E-state index < -0.39 is 24.6 Å². The van der Waals surface area contributed by atoms with E-state index in [4.69, 9.17) is 33.2 Å². The Bertz CT molecular complexity index is 1320. The molecule has 0 spiro atoms. The summed E-state index contributed by atoms with van der Waals surface area (Å²) in [6.45, 7) is 7.87. The van der Waals surface area contributed by atoms with Gasteiger partial charge in [0.05, 0.1) is 24.7 Å². The van der Waals surface area contributed by atoms with Crippen LogP contribution in [0.5, 0.6) is 0 Å². The maximum absolute atomic E-state index is 14.6. The number of fused-ring (bicyclic) bond motifs is 5. The quantitative estimate of drug-likeness (QED) is 0.249. The van der Waals surface area contributed by atoms with Gasteiger partial charge in [-0.3, -0.25) is 14.4 Å². The van der Waals surface area contributed by atoms with Gasteiger partial charge in [0.15, 0.2) is 24.1 Å². The van der Waals surface area contributed by atoms with Crippen LogP contribution in [-0.2, 0) is 47.5 Å². The standard InChI is InChI=1S/C40H61NO10/c1-9-25-11-10-12-33(51-35-16-15-32(41(5)6)22(3)47-35)21(2)36(43)31-19-29-27(30(31)20-34(42)49-25)14-13-24-17-26(18-28(24)29)50-40-39(46-8)38(45-7)37(44)23(4)48-40/h13-14,19,21-30,32-33,35,38-40H,9-12,15-18,20H2,1-8H3/t21-,22+,23-,24+,25+,26+,27+,28+,29+,30-,32-,33-,35-,38+,39+,40-/m0/s1. The van der Waals surface area contributed by atoms with E-state index in [9.17, 15) is 14.4 Å². The normalized spacial score (nSPS) is 45.0. The van der Waals surface area contributed by atoms with Crippen LogP contribution in [0.4, 0.5) is 0 Å². The molecule has 0 N–H and O–H groups in total. The maximum Gasteiger partial charge on any atom is 0.306 e. The molecule has 11 nitrogen and oxygen atoms in total. The number of carbonyl (C=O) groups is 3. The van der Waals surface area contributed by atoms with E-state index in [-0.39, 0.29) is 90.2 Å². The Kier molecular flexibility index (Phi) is 12.6. The summed E-state index contributed by atoms with van der Waals surface area (Å²) in [5.74, 6) is -0.363. The number of hydrogen-bond donors (Lipinski definition) is 0. The number of nitrogens with zero attached hydrogens (tertiary/aromatic N) is 1. The molecule has 1 saturated carbocycles. The third-order valence-corrected chi connectivity index (χ3v) is 12.8. The lowest BCUT2D eigenvalue weighted by Gasteiger charge is -2.40. The van der Waals surface area contributed by atoms with Crippen LogP contribution in [0.2, 0.25) is 0 Å². The molecule has 0 radical (unpaired) electrons. The summed E-state index contributed by atoms with van der Waals surface area (Å²) in [6.07, 6.45) is 9.43. The smallest absolute Gasteiger partial charge is 0.306 e. The van der Waals surface area contributed by atoms with Gasteiger partial charge in [-0.15, -0.1) is 0 Å². The average Bonchev–Trinajstić information content (AvgIpc) is 3.68. The van der Waals surface area contributed by atoms with E-state index in [1.807, 2.05) is 6.92 Å². The molecule has 3 aliphatic carbocycles. The Hall–Kier alpha value is -1.99. The van der Waals surface area contributed by atoms with Gasteiger partial charge in [0.2, 0.25) is 0 Å². The second-order valence-electron chi connectivity index (χ2n) is 16.1. The predicted molar refractivity (Wildman–Crippen MR) is 188 cm³/mol. The van der Waals surface area contributed by atoms with Crippen LogP contribution < -0.4 is 0 Å². The predicted octanol–water partition coefficient (Wildman–Crippen LogP) is 5.04. The first kappa shape index (κ1) is 38.7. The number of hydrogen-bond acceptors (Lipinski definition) is 11. The van der Waals surface area contributed by atoms with E-state index in [2.05, 4.69) is 51.1 Å². The number of allylic oxidation sites excluding steroid dienone is 4. The zero-order valence-corrected chi connectivity index (χ0v) is 31.9. The number of ether oxygens (including phenoxy) is 7. The highest BCUT2D eigenvalue weighted by Crippen LogP contribution is 2.54. The molecule has 51 heavy (non-hydrogen) atoms. The SMILES string of the molecule is CC[C@@H]1CCC[C@H](O[C@H]2CC[C@H](N(C)C)[C@@H](C)O2)[C@H](C)C(=O)C2=C[C@@H]3[C@@H](C=C[C@@H]4C[C@@H](O[C@@H]5O[C@@H](C)C(=O)[C@@H](OC)[C@H]5OC)C[C@@H]34)[C@@H]2CC(=O)O1. The molecule has 0 aromatic carbocycles. The second kappa shape index (κ2) is 16.6. The number of carbonyl (C=O) groups excluding carboxylic acids is 3. The van der Waals surface area contributed by atoms with Crippen molar-refractivity contribution in [3.63, 3.8) is 0 Å². The van der Waals surface area contributed by atoms with Gasteiger partial charge in [-0.05, 0) is 109 Å². The van der Waals surface area contributed by atoms with Gasteiger partial charge < -0.3 is 38.1 Å². The number of ketones is 2. The molecule has 16 atom stereocenters. The third-order valence-electron chi connectivity index (χ3n) is 12.8. The average molecular weight is 716 g/mol. The van der Waals surface area contributed by atoms with Crippen molar-refractivity contribution >= 4 is 17.5 Å². The highest BCUT2D eigenvalue weighted by atomic mass is 16.7. The maximum atomic E-state index is 14.6. The monoisotopic (exact) mass is 715 g/mol. The summed E-state index contributed by atoms with van der Waals surface area (Å²) in [4.78, 5) is 43.0. The van der Waals surface area contributed by atoms with Crippen molar-refractivity contribution in [3.8, 4) is 0 Å². The number of likely N-dealkylation sites (N-methyl/N-ethyl adjacent to an activating group) is 1. The zero-order chi connectivity index (χ0) is 36.6. The number of methoxy groups -OCH3 is 2. The van der Waals surface area contributed by atoms with E-state index in [1.165, 1.54) is 14.2 Å². The van der Waals surface area contributed by atoms with Crippen molar-refractivity contribution in [1.82, 2.24) is 4.90 Å². The van der Waals surface area contributed by atoms with Gasteiger partial charge >= 0.3 is 5.97 Å². The number of cyclic esters (lactones) is 1. The Labute approximate surface area is 304 Å². The van der Waals surface area contributed by atoms with Gasteiger partial charge in [0.25, 0.3) is 0 Å². The topological polar surface area (TPSA) is 119 Å². The van der Waals surface area contributed by atoms with Crippen LogP contribution in [0.15, 0.2) is 23.8 Å². The first-order valence-corrected chi connectivity index (χ1v) is 19.4. The molecule has 6 rings (SSSR count). The lowest BCUT2D eigenvalue weighted by Crippen LogP contribution is -2.57. The Morgan fingerprint density at radius 3 is 2.37 bits per heavy atom. The summed E-state index contributed by atoms with van der Waals surface area (Å²) < 4.78 is 42.8. The fourth-order valence-electron chi connectivity index (χ4n) is 9.95. The molecular formula is C40H61NO10. The van der Waals surface area contributed by atoms with Crippen molar-refractivity contribution in [2.24, 2.45) is 35.5 Å². The number of rotatable bonds is 8. The van der Waals surface area contributed by atoms with Crippen molar-refractivity contribution in [2.75, 3.05) is 28.3 Å². The summed E-state index contributed by atoms with van der Waals surface area (Å²) in [5.41, 5.74) is 0.738. The highest BCUT2D eigenvalue weighted by molar-refractivity contribution is 5.99. The van der Waals surface area contributed by atoms with E-state index in [0.29, 0.717) is 12.5 Å². The summed E-state index contributed by atoms with van der Waals surface area (Å²) in [6, 6.07) is 0.331. The fraction of sp³-hybridized carbons (Fsp3) is 0.825. The minimum atomic E-state index is -0.760. The van der Waals surface area contributed by atoms with Crippen LogP contribution in [0.1, 0.15) is 85.5 Å². The Morgan fingerprint density at radius 2 is 1.69 bits per heavy atom. The fourth-order valence-corrected chi connectivity index (χ4v) is 9.95. The molecule has 3 aliphatic heterocycles. The molecule has 6 aliphatic rings. The van der Waals surface area contributed by atoms with Crippen LogP contribution in [0.25, 0.3) is 0 Å². The second-order valence-corrected chi connectivity index (χ2v) is 16.1. The minimum Gasteiger partial charge on any atom is -0.462 e. The molecule has 286 valence electrons. The zero-order valence-electron chi connectivity index (χ0n) is 31.9. The van der Waals surface area contributed by atoms with Crippen molar-refractivity contribution in [2.45, 2.75) is 147 Å². The van der Waals surface area contributed by atoms with Crippen LogP contribution >= 0.6 is 0 Å². The Morgan fingerprint density at radius 1 is 0.902 bits per heavy atom. The molecule has 0 amide bonds. The highest BCUT2D eigenvalue weighted by Gasteiger charge is 2.52. The van der Waals surface area contributed by atoms with Gasteiger partial charge in [-0.2, -0.15) is 0 Å². The van der Waals surface area contributed by atoms with E-state index >= 15 is 0 Å². The molecule has 0 bridgehead atoms. The first-order valence-electron chi connectivity index (χ1n) is 19.4. The summed E-state index contributed by atoms with van der Waals surface area (Å²) in [5, 5.41) is 0. The molecule has 3 heterocycles. The number of Topliss-reactive ketones (excluding diaryl/α,β-unsaturated/α-hetero) is 2. The molecule has 4 fully saturated rings. The van der Waals surface area contributed by atoms with Crippen molar-refractivity contribution in [1.29, 1.82) is 0 Å². The number of esters is 1. The molecule has 11 heteroatoms. The van der Waals surface area contributed by atoms with E-state index in [1.54, 1.807) is 6.92 Å². The third kappa shape index (κ3) is 8.10. The van der Waals surface area contributed by atoms with Crippen LogP contribution in [0, 0.1) is 35.5 Å². The van der Waals surface area contributed by atoms with Gasteiger partial charge in [-0.25, -0.2) is 0 Å². The Balaban J connectivity index is 1.21. The van der Waals surface area contributed by atoms with Crippen LogP contribution in [0.3, 0.4) is 0 Å². The van der Waals surface area contributed by atoms with Gasteiger partial charge in [-0.1, -0.05) is 32.1 Å². The summed E-state index contributed by atoms with van der Waals surface area (Å²) >= 11 is 0. The minimum absolute atomic E-state index is 0.0183. The molecule has 3 saturated heterocycles. The molecule has 0 unspecified atom stereocenters. The van der Waals surface area contributed by atoms with Crippen molar-refractivity contribution in [3.05, 3.63) is 23.8 Å². The van der Waals surface area contributed by atoms with Gasteiger partial charge in [0.1, 0.15) is 24.4 Å². The van der Waals surface area contributed by atoms with E-state index in [0.717, 1.165) is 50.5 Å². The molecular weight excluding hydrogens is 654 g/mol. The van der Waals surface area contributed by atoms with Crippen LogP contribution in [-0.4, -0.2) is 112 Å².